The molecule has 1 heterocycles. The molecule has 2 aromatic carbocycles. The highest BCUT2D eigenvalue weighted by Crippen LogP contribution is 2.24. The van der Waals surface area contributed by atoms with Crippen molar-refractivity contribution in [2.75, 3.05) is 4.90 Å². The number of amides is 2. The van der Waals surface area contributed by atoms with E-state index in [0.29, 0.717) is 11.6 Å². The number of halogens is 1. The first-order valence-corrected chi connectivity index (χ1v) is 9.68. The van der Waals surface area contributed by atoms with Crippen LogP contribution in [0, 0.1) is 0 Å². The Morgan fingerprint density at radius 3 is 2.31 bits per heavy atom. The Hall–Kier alpha value is -3.18. The molecule has 148 valence electrons. The molecule has 1 aromatic heterocycles. The lowest BCUT2D eigenvalue weighted by Gasteiger charge is -2.26. The molecule has 5 nitrogen and oxygen atoms in total. The van der Waals surface area contributed by atoms with Crippen molar-refractivity contribution in [1.29, 1.82) is 0 Å². The third-order valence-electron chi connectivity index (χ3n) is 4.44. The Morgan fingerprint density at radius 2 is 1.69 bits per heavy atom. The fourth-order valence-electron chi connectivity index (χ4n) is 3.07. The van der Waals surface area contributed by atoms with E-state index < -0.39 is 6.04 Å². The van der Waals surface area contributed by atoms with Crippen LogP contribution in [0.4, 0.5) is 5.69 Å². The van der Waals surface area contributed by atoms with Gasteiger partial charge in [-0.1, -0.05) is 48.0 Å². The number of carbonyl (C=O) groups excluding carboxylic acids is 2. The molecule has 2 amide bonds. The molecule has 0 aliphatic rings. The van der Waals surface area contributed by atoms with E-state index in [2.05, 4.69) is 10.3 Å². The van der Waals surface area contributed by atoms with Crippen LogP contribution >= 0.6 is 11.6 Å². The van der Waals surface area contributed by atoms with Crippen molar-refractivity contribution < 1.29 is 9.59 Å². The van der Waals surface area contributed by atoms with Gasteiger partial charge in [0.15, 0.2) is 0 Å². The zero-order chi connectivity index (χ0) is 20.6. The molecule has 3 rings (SSSR count). The highest BCUT2D eigenvalue weighted by molar-refractivity contribution is 6.30. The minimum absolute atomic E-state index is 0.124. The molecule has 0 saturated carbocycles. The average Bonchev–Trinajstić information content (AvgIpc) is 2.73. The van der Waals surface area contributed by atoms with Crippen LogP contribution in [0.5, 0.6) is 0 Å². The summed E-state index contributed by atoms with van der Waals surface area (Å²) in [5, 5.41) is 3.48. The fraction of sp³-hybridized carbons (Fsp3) is 0.174. The number of pyridine rings is 1. The van der Waals surface area contributed by atoms with Crippen molar-refractivity contribution >= 4 is 29.1 Å². The summed E-state index contributed by atoms with van der Waals surface area (Å²) in [4.78, 5) is 31.0. The zero-order valence-corrected chi connectivity index (χ0v) is 16.8. The first-order chi connectivity index (χ1) is 14.0. The van der Waals surface area contributed by atoms with Gasteiger partial charge in [0.25, 0.3) is 0 Å². The molecule has 6 heteroatoms. The molecule has 0 aliphatic carbocycles. The van der Waals surface area contributed by atoms with E-state index in [1.807, 2.05) is 48.5 Å². The SMILES string of the molecule is CC(=O)NC(CC(=O)N(Cc1ccccn1)c1ccc(Cl)cc1)c1ccccc1. The van der Waals surface area contributed by atoms with Gasteiger partial charge in [-0.15, -0.1) is 0 Å². The summed E-state index contributed by atoms with van der Waals surface area (Å²) >= 11 is 6.01. The van der Waals surface area contributed by atoms with Crippen LogP contribution in [0.2, 0.25) is 5.02 Å². The second-order valence-corrected chi connectivity index (χ2v) is 7.08. The van der Waals surface area contributed by atoms with Crippen LogP contribution in [0.3, 0.4) is 0 Å². The highest BCUT2D eigenvalue weighted by Gasteiger charge is 2.23. The van der Waals surface area contributed by atoms with Gasteiger partial charge in [-0.05, 0) is 42.0 Å². The van der Waals surface area contributed by atoms with Crippen molar-refractivity contribution in [3.63, 3.8) is 0 Å². The van der Waals surface area contributed by atoms with E-state index in [-0.39, 0.29) is 18.2 Å². The molecule has 0 bridgehead atoms. The van der Waals surface area contributed by atoms with Gasteiger partial charge in [-0.3, -0.25) is 14.6 Å². The second kappa shape index (κ2) is 9.85. The van der Waals surface area contributed by atoms with Crippen LogP contribution in [0.1, 0.15) is 30.6 Å². The number of anilines is 1. The molecule has 0 saturated heterocycles. The van der Waals surface area contributed by atoms with E-state index in [0.717, 1.165) is 16.9 Å². The first kappa shape index (κ1) is 20.6. The Balaban J connectivity index is 1.87. The maximum atomic E-state index is 13.3. The van der Waals surface area contributed by atoms with Gasteiger partial charge in [0.05, 0.1) is 24.7 Å². The maximum Gasteiger partial charge on any atom is 0.229 e. The van der Waals surface area contributed by atoms with E-state index in [4.69, 9.17) is 11.6 Å². The van der Waals surface area contributed by atoms with Crippen molar-refractivity contribution in [2.45, 2.75) is 25.9 Å². The van der Waals surface area contributed by atoms with Gasteiger partial charge in [-0.25, -0.2) is 0 Å². The number of nitrogens with zero attached hydrogens (tertiary/aromatic N) is 2. The van der Waals surface area contributed by atoms with E-state index in [1.54, 1.807) is 35.4 Å². The Bertz CT molecular complexity index is 947. The molecule has 0 radical (unpaired) electrons. The molecule has 3 aromatic rings. The maximum absolute atomic E-state index is 13.3. The first-order valence-electron chi connectivity index (χ1n) is 9.31. The normalized spacial score (nSPS) is 11.5. The van der Waals surface area contributed by atoms with Crippen LogP contribution in [0.15, 0.2) is 79.0 Å². The minimum atomic E-state index is -0.417. The molecule has 1 N–H and O–H groups in total. The lowest BCUT2D eigenvalue weighted by Crippen LogP contribution is -2.35. The summed E-state index contributed by atoms with van der Waals surface area (Å²) in [7, 11) is 0. The predicted octanol–water partition coefficient (Wildman–Crippen LogP) is 4.54. The van der Waals surface area contributed by atoms with E-state index in [1.165, 1.54) is 6.92 Å². The predicted molar refractivity (Wildman–Crippen MR) is 114 cm³/mol. The number of benzene rings is 2. The number of rotatable bonds is 7. The third-order valence-corrected chi connectivity index (χ3v) is 4.70. The summed E-state index contributed by atoms with van der Waals surface area (Å²) in [5.74, 6) is -0.310. The number of hydrogen-bond acceptors (Lipinski definition) is 3. The summed E-state index contributed by atoms with van der Waals surface area (Å²) in [6.45, 7) is 1.77. The van der Waals surface area contributed by atoms with Gasteiger partial charge in [0.2, 0.25) is 11.8 Å². The minimum Gasteiger partial charge on any atom is -0.349 e. The van der Waals surface area contributed by atoms with E-state index in [9.17, 15) is 9.59 Å². The highest BCUT2D eigenvalue weighted by atomic mass is 35.5. The van der Waals surface area contributed by atoms with Crippen molar-refractivity contribution in [1.82, 2.24) is 10.3 Å². The molecular weight excluding hydrogens is 386 g/mol. The summed E-state index contributed by atoms with van der Waals surface area (Å²) in [6.07, 6.45) is 1.82. The van der Waals surface area contributed by atoms with Gasteiger partial charge in [0.1, 0.15) is 0 Å². The topological polar surface area (TPSA) is 62.3 Å². The van der Waals surface area contributed by atoms with Crippen LogP contribution in [-0.4, -0.2) is 16.8 Å². The quantitative estimate of drug-likeness (QED) is 0.625. The van der Waals surface area contributed by atoms with Crippen molar-refractivity contribution in [3.05, 3.63) is 95.3 Å². The van der Waals surface area contributed by atoms with Crippen LogP contribution in [0.25, 0.3) is 0 Å². The number of carbonyl (C=O) groups is 2. The lowest BCUT2D eigenvalue weighted by atomic mass is 10.0. The summed E-state index contributed by atoms with van der Waals surface area (Å²) < 4.78 is 0. The van der Waals surface area contributed by atoms with Crippen LogP contribution in [-0.2, 0) is 16.1 Å². The van der Waals surface area contributed by atoms with Crippen molar-refractivity contribution in [3.8, 4) is 0 Å². The molecule has 29 heavy (non-hydrogen) atoms. The van der Waals surface area contributed by atoms with Gasteiger partial charge < -0.3 is 10.2 Å². The number of hydrogen-bond donors (Lipinski definition) is 1. The van der Waals surface area contributed by atoms with E-state index >= 15 is 0 Å². The smallest absolute Gasteiger partial charge is 0.229 e. The summed E-state index contributed by atoms with van der Waals surface area (Å²) in [6, 6.07) is 21.8. The Morgan fingerprint density at radius 1 is 1.00 bits per heavy atom. The standard InChI is InChI=1S/C23H22ClN3O2/c1-17(28)26-22(18-7-3-2-4-8-18)15-23(29)27(16-20-9-5-6-14-25-20)21-12-10-19(24)11-13-21/h2-14,22H,15-16H2,1H3,(H,26,28). The Kier molecular flexibility index (Phi) is 6.98. The average molecular weight is 408 g/mol. The monoisotopic (exact) mass is 407 g/mol. The second-order valence-electron chi connectivity index (χ2n) is 6.65. The fourth-order valence-corrected chi connectivity index (χ4v) is 3.19. The molecule has 0 aliphatic heterocycles. The Labute approximate surface area is 175 Å². The molecule has 1 unspecified atom stereocenters. The molecular formula is C23H22ClN3O2. The van der Waals surface area contributed by atoms with Gasteiger partial charge in [-0.2, -0.15) is 0 Å². The largest absolute Gasteiger partial charge is 0.349 e. The lowest BCUT2D eigenvalue weighted by molar-refractivity contribution is -0.121. The van der Waals surface area contributed by atoms with Crippen molar-refractivity contribution in [2.24, 2.45) is 0 Å². The number of aromatic nitrogens is 1. The molecule has 1 atom stereocenters. The third kappa shape index (κ3) is 5.90. The van der Waals surface area contributed by atoms with Gasteiger partial charge in [0, 0.05) is 23.8 Å². The molecule has 0 spiro atoms. The van der Waals surface area contributed by atoms with Gasteiger partial charge >= 0.3 is 0 Å². The molecule has 0 fully saturated rings. The zero-order valence-electron chi connectivity index (χ0n) is 16.1. The number of nitrogens with one attached hydrogen (secondary N) is 1. The summed E-state index contributed by atoms with van der Waals surface area (Å²) in [5.41, 5.74) is 2.37. The van der Waals surface area contributed by atoms with Crippen LogP contribution < -0.4 is 10.2 Å².